The van der Waals surface area contributed by atoms with E-state index in [1.54, 1.807) is 16.7 Å². The molecule has 1 heterocycles. The Balaban J connectivity index is 2.10. The molecule has 0 radical (unpaired) electrons. The van der Waals surface area contributed by atoms with Gasteiger partial charge in [-0.05, 0) is 12.8 Å². The zero-order valence-corrected chi connectivity index (χ0v) is 12.0. The molecule has 2 N–H and O–H groups in total. The van der Waals surface area contributed by atoms with Crippen molar-refractivity contribution in [1.82, 2.24) is 10.2 Å². The van der Waals surface area contributed by atoms with Crippen molar-refractivity contribution >= 4 is 23.6 Å². The van der Waals surface area contributed by atoms with E-state index in [2.05, 4.69) is 11.9 Å². The van der Waals surface area contributed by atoms with Gasteiger partial charge in [0.1, 0.15) is 0 Å². The van der Waals surface area contributed by atoms with Crippen molar-refractivity contribution in [2.75, 3.05) is 37.7 Å². The Morgan fingerprint density at radius 1 is 1.42 bits per heavy atom. The quantitative estimate of drug-likeness (QED) is 0.511. The summed E-state index contributed by atoms with van der Waals surface area (Å²) >= 11 is 1.77. The lowest BCUT2D eigenvalue weighted by Gasteiger charge is -2.30. The highest BCUT2D eigenvalue weighted by Gasteiger charge is 2.26. The van der Waals surface area contributed by atoms with Gasteiger partial charge >= 0.3 is 5.97 Å². The molecule has 0 atom stereocenters. The lowest BCUT2D eigenvalue weighted by molar-refractivity contribution is -0.145. The first-order chi connectivity index (χ1) is 9.15. The molecule has 1 fully saturated rings. The van der Waals surface area contributed by atoms with E-state index in [0.29, 0.717) is 32.5 Å². The number of amides is 1. The minimum atomic E-state index is -0.746. The highest BCUT2D eigenvalue weighted by molar-refractivity contribution is 7.99. The van der Waals surface area contributed by atoms with Gasteiger partial charge in [-0.25, -0.2) is 0 Å². The number of carboxylic acids is 1. The van der Waals surface area contributed by atoms with Gasteiger partial charge in [-0.1, -0.05) is 6.08 Å². The highest BCUT2D eigenvalue weighted by atomic mass is 32.2. The monoisotopic (exact) mass is 286 g/mol. The molecule has 0 aromatic heterocycles. The fourth-order valence-electron chi connectivity index (χ4n) is 1.99. The summed E-state index contributed by atoms with van der Waals surface area (Å²) in [7, 11) is 0. The molecule has 0 aliphatic carbocycles. The minimum absolute atomic E-state index is 0.0672. The van der Waals surface area contributed by atoms with Crippen LogP contribution in [0.3, 0.4) is 0 Å². The number of thioether (sulfide) groups is 1. The van der Waals surface area contributed by atoms with Gasteiger partial charge in [0.2, 0.25) is 5.91 Å². The number of hydrogen-bond acceptors (Lipinski definition) is 4. The maximum Gasteiger partial charge on any atom is 0.306 e. The van der Waals surface area contributed by atoms with Crippen LogP contribution in [0.2, 0.25) is 0 Å². The number of nitrogens with one attached hydrogen (secondary N) is 1. The predicted octanol–water partition coefficient (Wildman–Crippen LogP) is 0.818. The van der Waals surface area contributed by atoms with Gasteiger partial charge in [-0.3, -0.25) is 9.59 Å². The largest absolute Gasteiger partial charge is 0.481 e. The van der Waals surface area contributed by atoms with Crippen molar-refractivity contribution in [2.45, 2.75) is 12.8 Å². The second-order valence-corrected chi connectivity index (χ2v) is 5.68. The molecular weight excluding hydrogens is 264 g/mol. The number of carbonyl (C=O) groups excluding carboxylic acids is 1. The number of hydrogen-bond donors (Lipinski definition) is 2. The number of carbonyl (C=O) groups is 2. The van der Waals surface area contributed by atoms with Gasteiger partial charge < -0.3 is 15.3 Å². The molecule has 0 aromatic rings. The van der Waals surface area contributed by atoms with Gasteiger partial charge in [0, 0.05) is 31.1 Å². The minimum Gasteiger partial charge on any atom is -0.481 e. The summed E-state index contributed by atoms with van der Waals surface area (Å²) in [5, 5.41) is 12.0. The van der Waals surface area contributed by atoms with E-state index in [1.165, 1.54) is 0 Å². The fourth-order valence-corrected chi connectivity index (χ4v) is 2.62. The maximum atomic E-state index is 11.9. The third kappa shape index (κ3) is 6.11. The summed E-state index contributed by atoms with van der Waals surface area (Å²) in [6.45, 7) is 5.90. The van der Waals surface area contributed by atoms with E-state index < -0.39 is 5.97 Å². The lowest BCUT2D eigenvalue weighted by Crippen LogP contribution is -2.44. The highest BCUT2D eigenvalue weighted by Crippen LogP contribution is 2.17. The van der Waals surface area contributed by atoms with Crippen LogP contribution in [0.15, 0.2) is 12.7 Å². The zero-order chi connectivity index (χ0) is 14.1. The van der Waals surface area contributed by atoms with Crippen LogP contribution in [0.25, 0.3) is 0 Å². The van der Waals surface area contributed by atoms with Gasteiger partial charge in [0.25, 0.3) is 0 Å². The number of nitrogens with zero attached hydrogens (tertiary/aromatic N) is 1. The standard InChI is InChI=1S/C13H22N2O3S/c1-2-8-19-9-5-14-10-12(16)15-6-3-11(4-7-15)13(17)18/h2,11,14H,1,3-10H2,(H,17,18). The smallest absolute Gasteiger partial charge is 0.306 e. The number of likely N-dealkylation sites (tertiary alicyclic amines) is 1. The molecule has 19 heavy (non-hydrogen) atoms. The molecule has 108 valence electrons. The van der Waals surface area contributed by atoms with Crippen molar-refractivity contribution in [2.24, 2.45) is 5.92 Å². The molecule has 0 bridgehead atoms. The molecule has 6 heteroatoms. The number of piperidine rings is 1. The molecule has 0 spiro atoms. The van der Waals surface area contributed by atoms with Crippen LogP contribution in [0, 0.1) is 5.92 Å². The maximum absolute atomic E-state index is 11.9. The molecule has 1 amide bonds. The summed E-state index contributed by atoms with van der Waals surface area (Å²) in [6, 6.07) is 0. The van der Waals surface area contributed by atoms with Crippen molar-refractivity contribution in [3.05, 3.63) is 12.7 Å². The third-order valence-corrected chi connectivity index (χ3v) is 4.10. The molecule has 1 aliphatic rings. The first-order valence-electron chi connectivity index (χ1n) is 6.55. The Hall–Kier alpha value is -1.01. The van der Waals surface area contributed by atoms with Crippen LogP contribution in [0.4, 0.5) is 0 Å². The summed E-state index contributed by atoms with van der Waals surface area (Å²) in [5.41, 5.74) is 0. The second-order valence-electron chi connectivity index (χ2n) is 4.53. The number of aliphatic carboxylic acids is 1. The van der Waals surface area contributed by atoms with Crippen LogP contribution < -0.4 is 5.32 Å². The van der Waals surface area contributed by atoms with E-state index in [1.807, 2.05) is 6.08 Å². The summed E-state index contributed by atoms with van der Waals surface area (Å²) in [6.07, 6.45) is 2.99. The third-order valence-electron chi connectivity index (χ3n) is 3.13. The normalized spacial score (nSPS) is 16.3. The Morgan fingerprint density at radius 2 is 2.11 bits per heavy atom. The fraction of sp³-hybridized carbons (Fsp3) is 0.692. The van der Waals surface area contributed by atoms with E-state index in [-0.39, 0.29) is 11.8 Å². The summed E-state index contributed by atoms with van der Waals surface area (Å²) in [5.74, 6) is 0.924. The van der Waals surface area contributed by atoms with Crippen LogP contribution in [0.1, 0.15) is 12.8 Å². The van der Waals surface area contributed by atoms with Crippen LogP contribution in [-0.4, -0.2) is 59.6 Å². The molecule has 0 unspecified atom stereocenters. The molecule has 1 rings (SSSR count). The van der Waals surface area contributed by atoms with Crippen LogP contribution in [0.5, 0.6) is 0 Å². The molecule has 1 saturated heterocycles. The van der Waals surface area contributed by atoms with Gasteiger partial charge in [0.05, 0.1) is 12.5 Å². The molecule has 0 saturated carbocycles. The Labute approximate surface area is 118 Å². The molecular formula is C13H22N2O3S. The van der Waals surface area contributed by atoms with Crippen LogP contribution in [-0.2, 0) is 9.59 Å². The van der Waals surface area contributed by atoms with E-state index in [4.69, 9.17) is 5.11 Å². The zero-order valence-electron chi connectivity index (χ0n) is 11.1. The molecule has 0 aromatic carbocycles. The topological polar surface area (TPSA) is 69.6 Å². The van der Waals surface area contributed by atoms with Crippen molar-refractivity contribution in [3.63, 3.8) is 0 Å². The van der Waals surface area contributed by atoms with E-state index in [0.717, 1.165) is 18.1 Å². The Bertz CT molecular complexity index is 315. The average Bonchev–Trinajstić information content (AvgIpc) is 2.42. The second kappa shape index (κ2) is 8.98. The van der Waals surface area contributed by atoms with Gasteiger partial charge in [-0.2, -0.15) is 11.8 Å². The van der Waals surface area contributed by atoms with Gasteiger partial charge in [-0.15, -0.1) is 6.58 Å². The van der Waals surface area contributed by atoms with E-state index >= 15 is 0 Å². The van der Waals surface area contributed by atoms with E-state index in [9.17, 15) is 9.59 Å². The summed E-state index contributed by atoms with van der Waals surface area (Å²) in [4.78, 5) is 24.4. The molecule has 1 aliphatic heterocycles. The number of rotatable bonds is 8. The van der Waals surface area contributed by atoms with Crippen LogP contribution >= 0.6 is 11.8 Å². The SMILES string of the molecule is C=CCSCCNCC(=O)N1CCC(C(=O)O)CC1. The summed E-state index contributed by atoms with van der Waals surface area (Å²) < 4.78 is 0. The van der Waals surface area contributed by atoms with Crippen molar-refractivity contribution < 1.29 is 14.7 Å². The first-order valence-corrected chi connectivity index (χ1v) is 7.70. The average molecular weight is 286 g/mol. The van der Waals surface area contributed by atoms with Gasteiger partial charge in [0.15, 0.2) is 0 Å². The number of carboxylic acid groups (broad SMARTS) is 1. The predicted molar refractivity (Wildman–Crippen MR) is 77.3 cm³/mol. The Morgan fingerprint density at radius 3 is 2.68 bits per heavy atom. The van der Waals surface area contributed by atoms with Crippen molar-refractivity contribution in [1.29, 1.82) is 0 Å². The lowest BCUT2D eigenvalue weighted by atomic mass is 9.97. The van der Waals surface area contributed by atoms with Crippen molar-refractivity contribution in [3.8, 4) is 0 Å². The Kier molecular flexibility index (Phi) is 7.59. The molecule has 5 nitrogen and oxygen atoms in total. The first kappa shape index (κ1) is 16.0.